The van der Waals surface area contributed by atoms with Crippen LogP contribution >= 0.6 is 0 Å². The minimum absolute atomic E-state index is 0.926. The number of rotatable bonds is 0. The molecular weight excluding hydrogens is 166 g/mol. The van der Waals surface area contributed by atoms with Crippen LogP contribution in [0.2, 0.25) is 0 Å². The maximum atomic E-state index is 8.59. The van der Waals surface area contributed by atoms with Crippen LogP contribution < -0.4 is 5.73 Å². The van der Waals surface area contributed by atoms with Crippen LogP contribution in [0.25, 0.3) is 11.1 Å². The molecule has 0 bridgehead atoms. The van der Waals surface area contributed by atoms with E-state index in [1.54, 1.807) is 0 Å². The lowest BCUT2D eigenvalue weighted by molar-refractivity contribution is 0.509. The standard InChI is InChI=1S/C6H5N.H2O3S/c7-6-2-1-4-3-5(4)6;1-4(2)3/h1-3H,7H2;4H,(H,1,2,3). The van der Waals surface area contributed by atoms with E-state index >= 15 is 0 Å². The summed E-state index contributed by atoms with van der Waals surface area (Å²) < 4.78 is 24.2. The molecule has 0 aromatic rings. The van der Waals surface area contributed by atoms with E-state index in [0.29, 0.717) is 0 Å². The fraction of sp³-hybridized carbons (Fsp3) is 0. The van der Waals surface area contributed by atoms with Crippen LogP contribution in [0.15, 0.2) is 18.2 Å². The van der Waals surface area contributed by atoms with Crippen molar-refractivity contribution in [3.05, 3.63) is 18.2 Å². The first kappa shape index (κ1) is 8.03. The average molecular weight is 173 g/mol. The van der Waals surface area contributed by atoms with Crippen molar-refractivity contribution in [2.75, 3.05) is 5.73 Å². The van der Waals surface area contributed by atoms with Crippen molar-refractivity contribution >= 4 is 16.7 Å². The van der Waals surface area contributed by atoms with Crippen molar-refractivity contribution in [1.29, 1.82) is 0 Å². The molecule has 0 fully saturated rings. The summed E-state index contributed by atoms with van der Waals surface area (Å²) >= 11 is 0. The molecule has 0 atom stereocenters. The van der Waals surface area contributed by atoms with Crippen molar-refractivity contribution < 1.29 is 13.0 Å². The maximum Gasteiger partial charge on any atom is 0.254 e. The second kappa shape index (κ2) is 2.89. The minimum atomic E-state index is -3.12. The van der Waals surface area contributed by atoms with Crippen LogP contribution in [0.3, 0.4) is 0 Å². The largest absolute Gasteiger partial charge is 0.398 e. The fourth-order valence-electron chi connectivity index (χ4n) is 0.777. The SMILES string of the molecule is Nc1ccc2cc1-2.O=[SH](=O)O. The number of hydrogen-bond acceptors (Lipinski definition) is 3. The third-order valence-corrected chi connectivity index (χ3v) is 1.28. The lowest BCUT2D eigenvalue weighted by Crippen LogP contribution is -1.75. The van der Waals surface area contributed by atoms with E-state index in [4.69, 9.17) is 18.7 Å². The summed E-state index contributed by atoms with van der Waals surface area (Å²) in [5.74, 6) is 0. The fourth-order valence-corrected chi connectivity index (χ4v) is 0.777. The highest BCUT2D eigenvalue weighted by molar-refractivity contribution is 7.66. The smallest absolute Gasteiger partial charge is 0.254 e. The summed E-state index contributed by atoms with van der Waals surface area (Å²) in [7, 11) is -3.12. The Morgan fingerprint density at radius 1 is 1.36 bits per heavy atom. The molecule has 0 heterocycles. The van der Waals surface area contributed by atoms with Gasteiger partial charge in [-0.05, 0) is 17.7 Å². The molecule has 2 aliphatic rings. The van der Waals surface area contributed by atoms with Gasteiger partial charge in [0, 0.05) is 11.3 Å². The van der Waals surface area contributed by atoms with Crippen LogP contribution in [0, 0.1) is 0 Å². The normalized spacial score (nSPS) is 10.4. The first-order chi connectivity index (χ1) is 5.11. The van der Waals surface area contributed by atoms with E-state index in [-0.39, 0.29) is 0 Å². The lowest BCUT2D eigenvalue weighted by atomic mass is 10.5. The molecule has 4 nitrogen and oxygen atoms in total. The highest BCUT2D eigenvalue weighted by Gasteiger charge is 2.13. The molecule has 0 spiro atoms. The third kappa shape index (κ3) is 2.21. The van der Waals surface area contributed by atoms with Gasteiger partial charge in [-0.1, -0.05) is 6.07 Å². The first-order valence-corrected chi connectivity index (χ1v) is 3.97. The first-order valence-electron chi connectivity index (χ1n) is 2.84. The number of benzene rings is 1. The molecule has 11 heavy (non-hydrogen) atoms. The Morgan fingerprint density at radius 2 is 1.91 bits per heavy atom. The molecule has 0 aromatic carbocycles. The van der Waals surface area contributed by atoms with Gasteiger partial charge in [0.1, 0.15) is 0 Å². The molecule has 2 aliphatic carbocycles. The minimum Gasteiger partial charge on any atom is -0.398 e. The molecule has 0 amide bonds. The zero-order valence-corrected chi connectivity index (χ0v) is 6.41. The Morgan fingerprint density at radius 3 is 2.00 bits per heavy atom. The summed E-state index contributed by atoms with van der Waals surface area (Å²) in [4.78, 5) is 0. The Labute approximate surface area is 65.4 Å². The predicted octanol–water partition coefficient (Wildman–Crippen LogP) is 0.320. The van der Waals surface area contributed by atoms with Crippen LogP contribution in [0.5, 0.6) is 0 Å². The van der Waals surface area contributed by atoms with Crippen LogP contribution in [-0.4, -0.2) is 13.0 Å². The van der Waals surface area contributed by atoms with Gasteiger partial charge < -0.3 is 5.73 Å². The van der Waals surface area contributed by atoms with Gasteiger partial charge >= 0.3 is 0 Å². The zero-order chi connectivity index (χ0) is 8.43. The Kier molecular flexibility index (Phi) is 2.11. The van der Waals surface area contributed by atoms with E-state index in [2.05, 4.69) is 6.07 Å². The van der Waals surface area contributed by atoms with Gasteiger partial charge in [-0.3, -0.25) is 4.55 Å². The highest BCUT2D eigenvalue weighted by atomic mass is 32.2. The van der Waals surface area contributed by atoms with E-state index in [9.17, 15) is 0 Å². The van der Waals surface area contributed by atoms with Crippen molar-refractivity contribution in [2.24, 2.45) is 0 Å². The molecule has 0 radical (unpaired) electrons. The van der Waals surface area contributed by atoms with Gasteiger partial charge in [-0.15, -0.1) is 0 Å². The maximum absolute atomic E-state index is 8.59. The Balaban J connectivity index is 0.000000134. The average Bonchev–Trinajstić information content (AvgIpc) is 2.54. The molecule has 3 N–H and O–H groups in total. The summed E-state index contributed by atoms with van der Waals surface area (Å²) in [6.45, 7) is 0. The molecule has 0 unspecified atom stereocenters. The van der Waals surface area contributed by atoms with Crippen LogP contribution in [0.1, 0.15) is 0 Å². The van der Waals surface area contributed by atoms with Gasteiger partial charge in [-0.25, -0.2) is 8.42 Å². The van der Waals surface area contributed by atoms with Crippen molar-refractivity contribution in [3.8, 4) is 11.1 Å². The second-order valence-electron chi connectivity index (χ2n) is 2.04. The Bertz CT molecular complexity index is 338. The quantitative estimate of drug-likeness (QED) is 0.304. The highest BCUT2D eigenvalue weighted by Crippen LogP contribution is 2.39. The van der Waals surface area contributed by atoms with Gasteiger partial charge in [0.2, 0.25) is 0 Å². The van der Waals surface area contributed by atoms with E-state index in [0.717, 1.165) is 5.69 Å². The van der Waals surface area contributed by atoms with Crippen molar-refractivity contribution in [3.63, 3.8) is 0 Å². The monoisotopic (exact) mass is 173 g/mol. The van der Waals surface area contributed by atoms with Crippen LogP contribution in [-0.2, 0) is 11.0 Å². The molecule has 60 valence electrons. The lowest BCUT2D eigenvalue weighted by Gasteiger charge is -1.74. The van der Waals surface area contributed by atoms with Gasteiger partial charge in [0.05, 0.1) is 0 Å². The summed E-state index contributed by atoms with van der Waals surface area (Å²) in [6, 6.07) is 6.05. The van der Waals surface area contributed by atoms with Crippen molar-refractivity contribution in [1.82, 2.24) is 0 Å². The number of hydrogen-bond donors (Lipinski definition) is 3. The molecule has 5 heteroatoms. The topological polar surface area (TPSA) is 80.4 Å². The van der Waals surface area contributed by atoms with Gasteiger partial charge in [-0.2, -0.15) is 0 Å². The molecule has 0 saturated heterocycles. The molecule has 0 saturated carbocycles. The Hall–Kier alpha value is -1.07. The van der Waals surface area contributed by atoms with E-state index in [1.807, 2.05) is 12.1 Å². The summed E-state index contributed by atoms with van der Waals surface area (Å²) in [5, 5.41) is 0. The zero-order valence-electron chi connectivity index (χ0n) is 5.52. The van der Waals surface area contributed by atoms with Gasteiger partial charge in [0.15, 0.2) is 0 Å². The molecule has 0 aliphatic heterocycles. The molecular formula is C6H7NO3S. The number of thiol groups is 1. The number of anilines is 1. The summed E-state index contributed by atoms with van der Waals surface area (Å²) in [6.07, 6.45) is 0. The summed E-state index contributed by atoms with van der Waals surface area (Å²) in [5.41, 5.74) is 8.95. The number of nitrogen functional groups attached to an aromatic ring is 1. The number of fused-ring (bicyclic) bond motifs is 1. The second-order valence-corrected chi connectivity index (χ2v) is 2.52. The van der Waals surface area contributed by atoms with Crippen LogP contribution in [0.4, 0.5) is 5.69 Å². The van der Waals surface area contributed by atoms with E-state index in [1.165, 1.54) is 11.1 Å². The molecule has 2 rings (SSSR count). The van der Waals surface area contributed by atoms with E-state index < -0.39 is 11.0 Å². The predicted molar refractivity (Wildman–Crippen MR) is 42.8 cm³/mol. The molecule has 0 aromatic heterocycles. The van der Waals surface area contributed by atoms with Gasteiger partial charge in [0.25, 0.3) is 11.0 Å². The third-order valence-electron chi connectivity index (χ3n) is 1.28. The van der Waals surface area contributed by atoms with Crippen molar-refractivity contribution in [2.45, 2.75) is 0 Å². The number of nitrogens with two attached hydrogens (primary N) is 1.